The predicted octanol–water partition coefficient (Wildman–Crippen LogP) is 3.21. The normalized spacial score (nSPS) is 39.6. The molecule has 1 heterocycles. The van der Waals surface area contributed by atoms with Crippen LogP contribution in [0.25, 0.3) is 0 Å². The molecule has 0 aromatic carbocycles. The van der Waals surface area contributed by atoms with E-state index in [4.69, 9.17) is 14.2 Å². The first kappa shape index (κ1) is 15.0. The summed E-state index contributed by atoms with van der Waals surface area (Å²) in [5, 5.41) is 0. The van der Waals surface area contributed by atoms with Gasteiger partial charge in [0.05, 0.1) is 19.8 Å². The van der Waals surface area contributed by atoms with Gasteiger partial charge in [-0.25, -0.2) is 4.79 Å². The lowest BCUT2D eigenvalue weighted by Crippen LogP contribution is -2.28. The average molecular weight is 294 g/mol. The van der Waals surface area contributed by atoms with E-state index < -0.39 is 0 Å². The lowest BCUT2D eigenvalue weighted by molar-refractivity contribution is -0.159. The van der Waals surface area contributed by atoms with Gasteiger partial charge in [0.2, 0.25) is 0 Å². The first-order valence-electron chi connectivity index (χ1n) is 7.97. The standard InChI is InChI=1S/C17H26O4/c1-5-19-14(18)12(2)13-8-15(3)10-17(20-6-7-21-17)11-16(15,4)9-13/h5-11H2,1-4H3/b13-12-/t15-,16+/m0/s1. The van der Waals surface area contributed by atoms with Crippen molar-refractivity contribution in [3.63, 3.8) is 0 Å². The minimum Gasteiger partial charge on any atom is -0.463 e. The molecule has 1 saturated heterocycles. The Kier molecular flexibility index (Phi) is 3.45. The summed E-state index contributed by atoms with van der Waals surface area (Å²) < 4.78 is 17.0. The van der Waals surface area contributed by atoms with E-state index in [9.17, 15) is 4.79 Å². The van der Waals surface area contributed by atoms with E-state index in [1.54, 1.807) is 0 Å². The Morgan fingerprint density at radius 1 is 1.14 bits per heavy atom. The van der Waals surface area contributed by atoms with Gasteiger partial charge in [0.25, 0.3) is 0 Å². The van der Waals surface area contributed by atoms with Crippen molar-refractivity contribution >= 4 is 5.97 Å². The van der Waals surface area contributed by atoms with E-state index >= 15 is 0 Å². The van der Waals surface area contributed by atoms with E-state index in [1.807, 2.05) is 13.8 Å². The highest BCUT2D eigenvalue weighted by molar-refractivity contribution is 5.88. The van der Waals surface area contributed by atoms with Crippen LogP contribution in [0.1, 0.15) is 53.4 Å². The molecule has 1 aliphatic heterocycles. The molecule has 0 aromatic heterocycles. The minimum absolute atomic E-state index is 0.139. The number of allylic oxidation sites excluding steroid dienone is 1. The van der Waals surface area contributed by atoms with Crippen LogP contribution in [-0.4, -0.2) is 31.6 Å². The van der Waals surface area contributed by atoms with Gasteiger partial charge in [-0.1, -0.05) is 19.4 Å². The Morgan fingerprint density at radius 2 is 1.67 bits per heavy atom. The number of hydrogen-bond donors (Lipinski definition) is 0. The molecule has 0 N–H and O–H groups in total. The summed E-state index contributed by atoms with van der Waals surface area (Å²) in [5.74, 6) is -0.532. The lowest BCUT2D eigenvalue weighted by atomic mass is 9.71. The summed E-state index contributed by atoms with van der Waals surface area (Å²) in [7, 11) is 0. The third kappa shape index (κ3) is 2.23. The summed E-state index contributed by atoms with van der Waals surface area (Å²) >= 11 is 0. The molecule has 2 atom stereocenters. The number of carbonyl (C=O) groups is 1. The average Bonchev–Trinajstić information content (AvgIpc) is 2.98. The van der Waals surface area contributed by atoms with Gasteiger partial charge in [-0.05, 0) is 37.5 Å². The minimum atomic E-state index is -0.368. The first-order valence-corrected chi connectivity index (χ1v) is 7.97. The Balaban J connectivity index is 1.84. The maximum atomic E-state index is 12.0. The van der Waals surface area contributed by atoms with E-state index in [0.717, 1.165) is 31.3 Å². The molecule has 0 unspecified atom stereocenters. The highest BCUT2D eigenvalue weighted by atomic mass is 16.7. The molecule has 0 radical (unpaired) electrons. The number of ether oxygens (including phenoxy) is 3. The fourth-order valence-electron chi connectivity index (χ4n) is 4.58. The third-order valence-electron chi connectivity index (χ3n) is 5.91. The van der Waals surface area contributed by atoms with E-state index in [-0.39, 0.29) is 22.6 Å². The van der Waals surface area contributed by atoms with Gasteiger partial charge in [-0.2, -0.15) is 0 Å². The molecular weight excluding hydrogens is 268 g/mol. The van der Waals surface area contributed by atoms with Crippen LogP contribution in [0.15, 0.2) is 11.1 Å². The van der Waals surface area contributed by atoms with Gasteiger partial charge in [-0.15, -0.1) is 0 Å². The van der Waals surface area contributed by atoms with Crippen LogP contribution in [-0.2, 0) is 19.0 Å². The van der Waals surface area contributed by atoms with Gasteiger partial charge in [0, 0.05) is 18.4 Å². The zero-order chi connectivity index (χ0) is 15.3. The zero-order valence-electron chi connectivity index (χ0n) is 13.6. The van der Waals surface area contributed by atoms with Crippen molar-refractivity contribution in [1.82, 2.24) is 0 Å². The smallest absolute Gasteiger partial charge is 0.333 e. The number of carbonyl (C=O) groups excluding carboxylic acids is 1. The fourth-order valence-corrected chi connectivity index (χ4v) is 4.58. The van der Waals surface area contributed by atoms with Crippen molar-refractivity contribution < 1.29 is 19.0 Å². The molecule has 0 aromatic rings. The van der Waals surface area contributed by atoms with Crippen molar-refractivity contribution in [2.75, 3.05) is 19.8 Å². The van der Waals surface area contributed by atoms with Crippen molar-refractivity contribution in [3.05, 3.63) is 11.1 Å². The molecule has 2 saturated carbocycles. The largest absolute Gasteiger partial charge is 0.463 e. The first-order chi connectivity index (χ1) is 9.83. The van der Waals surface area contributed by atoms with Crippen molar-refractivity contribution in [2.24, 2.45) is 10.8 Å². The van der Waals surface area contributed by atoms with Gasteiger partial charge < -0.3 is 14.2 Å². The SMILES string of the molecule is CCOC(=O)/C(C)=C1/C[C@@]2(C)CC3(C[C@@]2(C)C1)OCCO3. The molecule has 3 rings (SSSR count). The number of fused-ring (bicyclic) bond motifs is 1. The number of esters is 1. The monoisotopic (exact) mass is 294 g/mol. The fraction of sp³-hybridized carbons (Fsp3) is 0.824. The van der Waals surface area contributed by atoms with Crippen molar-refractivity contribution in [2.45, 2.75) is 59.2 Å². The number of rotatable bonds is 2. The Bertz CT molecular complexity index is 465. The van der Waals surface area contributed by atoms with Gasteiger partial charge in [-0.3, -0.25) is 0 Å². The zero-order valence-corrected chi connectivity index (χ0v) is 13.6. The van der Waals surface area contributed by atoms with Crippen LogP contribution in [0.5, 0.6) is 0 Å². The van der Waals surface area contributed by atoms with Crippen LogP contribution in [0.4, 0.5) is 0 Å². The molecule has 2 aliphatic carbocycles. The second-order valence-electron chi connectivity index (χ2n) is 7.39. The van der Waals surface area contributed by atoms with Crippen LogP contribution in [0.2, 0.25) is 0 Å². The molecule has 3 fully saturated rings. The predicted molar refractivity (Wildman–Crippen MR) is 78.7 cm³/mol. The van der Waals surface area contributed by atoms with Crippen LogP contribution >= 0.6 is 0 Å². The Morgan fingerprint density at radius 3 is 2.14 bits per heavy atom. The van der Waals surface area contributed by atoms with E-state index in [0.29, 0.717) is 19.8 Å². The second kappa shape index (κ2) is 4.82. The highest BCUT2D eigenvalue weighted by Crippen LogP contribution is 2.68. The van der Waals surface area contributed by atoms with Gasteiger partial charge in [0.1, 0.15) is 0 Å². The molecule has 21 heavy (non-hydrogen) atoms. The Hall–Kier alpha value is -0.870. The van der Waals surface area contributed by atoms with Crippen LogP contribution in [0, 0.1) is 10.8 Å². The van der Waals surface area contributed by atoms with Gasteiger partial charge >= 0.3 is 5.97 Å². The highest BCUT2D eigenvalue weighted by Gasteiger charge is 2.64. The molecular formula is C17H26O4. The molecule has 118 valence electrons. The lowest BCUT2D eigenvalue weighted by Gasteiger charge is -2.32. The number of hydrogen-bond acceptors (Lipinski definition) is 4. The molecule has 4 heteroatoms. The van der Waals surface area contributed by atoms with E-state index in [1.165, 1.54) is 5.57 Å². The van der Waals surface area contributed by atoms with Crippen LogP contribution in [0.3, 0.4) is 0 Å². The Labute approximate surface area is 126 Å². The van der Waals surface area contributed by atoms with E-state index in [2.05, 4.69) is 13.8 Å². The summed E-state index contributed by atoms with van der Waals surface area (Å²) in [6.45, 7) is 10.2. The van der Waals surface area contributed by atoms with Crippen molar-refractivity contribution in [1.29, 1.82) is 0 Å². The quantitative estimate of drug-likeness (QED) is 0.579. The van der Waals surface area contributed by atoms with Gasteiger partial charge in [0.15, 0.2) is 5.79 Å². The third-order valence-corrected chi connectivity index (χ3v) is 5.91. The second-order valence-corrected chi connectivity index (χ2v) is 7.39. The maximum Gasteiger partial charge on any atom is 0.333 e. The molecule has 4 nitrogen and oxygen atoms in total. The topological polar surface area (TPSA) is 44.8 Å². The molecule has 0 amide bonds. The molecule has 1 spiro atoms. The summed E-state index contributed by atoms with van der Waals surface area (Å²) in [6, 6.07) is 0. The molecule has 0 bridgehead atoms. The molecule has 3 aliphatic rings. The van der Waals surface area contributed by atoms with Crippen molar-refractivity contribution in [3.8, 4) is 0 Å². The summed E-state index contributed by atoms with van der Waals surface area (Å²) in [4.78, 5) is 12.0. The summed E-state index contributed by atoms with van der Waals surface area (Å²) in [5.41, 5.74) is 2.34. The van der Waals surface area contributed by atoms with Crippen LogP contribution < -0.4 is 0 Å². The summed E-state index contributed by atoms with van der Waals surface area (Å²) in [6.07, 6.45) is 3.75. The maximum absolute atomic E-state index is 12.0.